The van der Waals surface area contributed by atoms with Gasteiger partial charge in [-0.3, -0.25) is 19.2 Å². The van der Waals surface area contributed by atoms with Crippen LogP contribution in [0.2, 0.25) is 0 Å². The zero-order chi connectivity index (χ0) is 17.7. The highest BCUT2D eigenvalue weighted by Gasteiger charge is 2.20. The van der Waals surface area contributed by atoms with Crippen LogP contribution in [0.4, 0.5) is 0 Å². The van der Waals surface area contributed by atoms with Crippen molar-refractivity contribution in [1.29, 1.82) is 0 Å². The molecule has 128 valence electrons. The number of hydrogen-bond donors (Lipinski definition) is 7. The molecular weight excluding hydrogens is 318 g/mol. The number of carbonyl (C=O) groups is 4. The van der Waals surface area contributed by atoms with Crippen molar-refractivity contribution in [2.24, 2.45) is 5.73 Å². The predicted octanol–water partition coefficient (Wildman–Crippen LogP) is -2.60. The first-order valence-electron chi connectivity index (χ1n) is 6.10. The van der Waals surface area contributed by atoms with Crippen LogP contribution in [-0.2, 0) is 19.2 Å². The van der Waals surface area contributed by atoms with Gasteiger partial charge in [0.15, 0.2) is 0 Å². The van der Waals surface area contributed by atoms with Gasteiger partial charge in [0.25, 0.3) is 0 Å². The van der Waals surface area contributed by atoms with Crippen molar-refractivity contribution < 1.29 is 34.5 Å². The van der Waals surface area contributed by atoms with Crippen molar-refractivity contribution >= 4 is 36.4 Å². The Kier molecular flexibility index (Phi) is 13.1. The lowest BCUT2D eigenvalue weighted by atomic mass is 10.1. The number of aliphatic hydroxyl groups excluding tert-OH is 1. The summed E-state index contributed by atoms with van der Waals surface area (Å²) in [7, 11) is 1.00. The summed E-state index contributed by atoms with van der Waals surface area (Å²) in [5, 5.41) is 28.4. The number of aliphatic carboxylic acids is 2. The van der Waals surface area contributed by atoms with E-state index >= 15 is 0 Å². The molecule has 0 bridgehead atoms. The van der Waals surface area contributed by atoms with E-state index in [0.29, 0.717) is 0 Å². The molecule has 2 unspecified atom stereocenters. The molecule has 0 aromatic carbocycles. The lowest BCUT2D eigenvalue weighted by molar-refractivity contribution is -0.139. The highest BCUT2D eigenvalue weighted by atomic mass is 32.1. The fraction of sp³-hybridized carbons (Fsp3) is 0.636. The average Bonchev–Trinajstić information content (AvgIpc) is 2.49. The van der Waals surface area contributed by atoms with Gasteiger partial charge in [0.1, 0.15) is 18.6 Å². The van der Waals surface area contributed by atoms with Crippen LogP contribution in [0.25, 0.3) is 0 Å². The van der Waals surface area contributed by atoms with E-state index in [1.165, 1.54) is 0 Å². The number of amides is 2. The zero-order valence-corrected chi connectivity index (χ0v) is 12.9. The summed E-state index contributed by atoms with van der Waals surface area (Å²) in [6.45, 7) is -0.567. The standard InChI is InChI=1S/C10H17N3O6S.CH4O/c11-5(10(18)19)1-2-7(14)13-6(4-20)9(17)12-3-8(15)16;1-2/h5-6,20H,1-4,11H2,(H,12,17)(H,13,14)(H,15,16)(H,18,19);2H,1H3. The maximum Gasteiger partial charge on any atom is 0.322 e. The van der Waals surface area contributed by atoms with Gasteiger partial charge in [-0.05, 0) is 6.42 Å². The van der Waals surface area contributed by atoms with Gasteiger partial charge in [-0.15, -0.1) is 0 Å². The van der Waals surface area contributed by atoms with Crippen LogP contribution >= 0.6 is 12.6 Å². The van der Waals surface area contributed by atoms with Crippen LogP contribution in [0.3, 0.4) is 0 Å². The minimum Gasteiger partial charge on any atom is -0.480 e. The van der Waals surface area contributed by atoms with Crippen LogP contribution in [0.1, 0.15) is 12.8 Å². The molecule has 0 aliphatic heterocycles. The SMILES string of the molecule is CO.NC(CCC(=O)NC(CS)C(=O)NCC(=O)O)C(=O)O. The summed E-state index contributed by atoms with van der Waals surface area (Å²) in [6.07, 6.45) is -0.235. The zero-order valence-electron chi connectivity index (χ0n) is 12.0. The number of hydrogen-bond acceptors (Lipinski definition) is 7. The largest absolute Gasteiger partial charge is 0.480 e. The Morgan fingerprint density at radius 2 is 1.73 bits per heavy atom. The van der Waals surface area contributed by atoms with Crippen molar-refractivity contribution in [3.05, 3.63) is 0 Å². The second-order valence-corrected chi connectivity index (χ2v) is 4.26. The van der Waals surface area contributed by atoms with Crippen LogP contribution < -0.4 is 16.4 Å². The van der Waals surface area contributed by atoms with Gasteiger partial charge in [0.2, 0.25) is 11.8 Å². The van der Waals surface area contributed by atoms with Gasteiger partial charge in [0.05, 0.1) is 0 Å². The first-order valence-corrected chi connectivity index (χ1v) is 6.74. The molecule has 0 aliphatic carbocycles. The number of thiol groups is 1. The molecule has 7 N–H and O–H groups in total. The molecule has 0 aromatic rings. The highest BCUT2D eigenvalue weighted by molar-refractivity contribution is 7.80. The summed E-state index contributed by atoms with van der Waals surface area (Å²) in [5.74, 6) is -3.70. The molecule has 0 heterocycles. The van der Waals surface area contributed by atoms with Crippen LogP contribution in [0.5, 0.6) is 0 Å². The molecule has 2 amide bonds. The molecule has 2 atom stereocenters. The third-order valence-corrected chi connectivity index (χ3v) is 2.61. The Bertz CT molecular complexity index is 392. The predicted molar refractivity (Wildman–Crippen MR) is 79.4 cm³/mol. The third-order valence-electron chi connectivity index (χ3n) is 2.25. The summed E-state index contributed by atoms with van der Waals surface area (Å²) in [4.78, 5) is 43.7. The van der Waals surface area contributed by atoms with Crippen LogP contribution in [-0.4, -0.2) is 70.6 Å². The van der Waals surface area contributed by atoms with Gasteiger partial charge in [-0.1, -0.05) is 0 Å². The van der Waals surface area contributed by atoms with Gasteiger partial charge < -0.3 is 31.7 Å². The fourth-order valence-corrected chi connectivity index (χ4v) is 1.41. The van der Waals surface area contributed by atoms with Gasteiger partial charge >= 0.3 is 11.9 Å². The molecule has 0 aliphatic rings. The second kappa shape index (κ2) is 12.9. The Morgan fingerprint density at radius 1 is 1.18 bits per heavy atom. The van der Waals surface area contributed by atoms with Crippen molar-refractivity contribution in [2.45, 2.75) is 24.9 Å². The molecule has 10 nitrogen and oxygen atoms in total. The monoisotopic (exact) mass is 339 g/mol. The first-order chi connectivity index (χ1) is 10.3. The van der Waals surface area contributed by atoms with Crippen molar-refractivity contribution in [3.8, 4) is 0 Å². The van der Waals surface area contributed by atoms with E-state index in [1.807, 2.05) is 0 Å². The van der Waals surface area contributed by atoms with Crippen LogP contribution in [0, 0.1) is 0 Å². The normalized spacial score (nSPS) is 12.2. The number of aliphatic hydroxyl groups is 1. The van der Waals surface area contributed by atoms with Crippen molar-refractivity contribution in [3.63, 3.8) is 0 Å². The van der Waals surface area contributed by atoms with E-state index in [-0.39, 0.29) is 18.6 Å². The minimum absolute atomic E-state index is 0.0256. The van der Waals surface area contributed by atoms with Gasteiger partial charge in [0, 0.05) is 19.3 Å². The number of nitrogens with one attached hydrogen (secondary N) is 2. The maximum absolute atomic E-state index is 11.5. The van der Waals surface area contributed by atoms with E-state index in [9.17, 15) is 19.2 Å². The molecule has 0 fully saturated rings. The third kappa shape index (κ3) is 10.9. The second-order valence-electron chi connectivity index (χ2n) is 3.90. The van der Waals surface area contributed by atoms with Gasteiger partial charge in [-0.2, -0.15) is 12.6 Å². The molecular formula is C11H21N3O7S. The molecule has 0 saturated heterocycles. The van der Waals surface area contributed by atoms with E-state index in [4.69, 9.17) is 21.1 Å². The van der Waals surface area contributed by atoms with E-state index < -0.39 is 42.4 Å². The summed E-state index contributed by atoms with van der Waals surface area (Å²) in [5.41, 5.74) is 5.23. The van der Waals surface area contributed by atoms with E-state index in [0.717, 1.165) is 7.11 Å². The minimum atomic E-state index is -1.22. The molecule has 22 heavy (non-hydrogen) atoms. The first kappa shape index (κ1) is 22.4. The topological polar surface area (TPSA) is 179 Å². The van der Waals surface area contributed by atoms with Crippen LogP contribution in [0.15, 0.2) is 0 Å². The Hall–Kier alpha value is -1.85. The molecule has 0 spiro atoms. The summed E-state index contributed by atoms with van der Waals surface area (Å²) >= 11 is 3.87. The van der Waals surface area contributed by atoms with E-state index in [1.54, 1.807) is 0 Å². The van der Waals surface area contributed by atoms with Crippen molar-refractivity contribution in [1.82, 2.24) is 10.6 Å². The number of carboxylic acid groups (broad SMARTS) is 2. The Labute approximate surface area is 132 Å². The number of nitrogens with two attached hydrogens (primary N) is 1. The van der Waals surface area contributed by atoms with Crippen molar-refractivity contribution in [2.75, 3.05) is 19.4 Å². The number of carboxylic acids is 2. The maximum atomic E-state index is 11.5. The summed E-state index contributed by atoms with van der Waals surface area (Å²) in [6, 6.07) is -2.15. The molecule has 0 rings (SSSR count). The fourth-order valence-electron chi connectivity index (χ4n) is 1.16. The quantitative estimate of drug-likeness (QED) is 0.223. The molecule has 0 radical (unpaired) electrons. The number of carbonyl (C=O) groups excluding carboxylic acids is 2. The Morgan fingerprint density at radius 3 is 2.14 bits per heavy atom. The number of rotatable bonds is 9. The Balaban J connectivity index is 0. The lowest BCUT2D eigenvalue weighted by Crippen LogP contribution is -2.49. The van der Waals surface area contributed by atoms with E-state index in [2.05, 4.69) is 23.3 Å². The highest BCUT2D eigenvalue weighted by Crippen LogP contribution is 1.97. The summed E-state index contributed by atoms with van der Waals surface area (Å²) < 4.78 is 0. The average molecular weight is 339 g/mol. The smallest absolute Gasteiger partial charge is 0.322 e. The van der Waals surface area contributed by atoms with Gasteiger partial charge in [-0.25, -0.2) is 0 Å². The molecule has 11 heteroatoms. The lowest BCUT2D eigenvalue weighted by Gasteiger charge is -2.16. The molecule has 0 aromatic heterocycles. The molecule has 0 saturated carbocycles.